The van der Waals surface area contributed by atoms with E-state index in [1.165, 1.54) is 0 Å². The molecule has 0 unspecified atom stereocenters. The van der Waals surface area contributed by atoms with Gasteiger partial charge in [-0.3, -0.25) is 9.78 Å². The van der Waals surface area contributed by atoms with Crippen molar-refractivity contribution in [3.8, 4) is 0 Å². The number of aromatic amines is 1. The lowest BCUT2D eigenvalue weighted by atomic mass is 10.1. The van der Waals surface area contributed by atoms with Gasteiger partial charge in [0.2, 0.25) is 5.95 Å². The fraction of sp³-hybridized carbons (Fsp3) is 0.214. The van der Waals surface area contributed by atoms with Gasteiger partial charge in [-0.2, -0.15) is 0 Å². The highest BCUT2D eigenvalue weighted by molar-refractivity contribution is 7.09. The van der Waals surface area contributed by atoms with Gasteiger partial charge in [0.05, 0.1) is 16.4 Å². The molecule has 0 saturated carbocycles. The molecule has 0 aliphatic heterocycles. The van der Waals surface area contributed by atoms with Crippen LogP contribution < -0.4 is 16.6 Å². The Balaban J connectivity index is 2.02. The zero-order valence-corrected chi connectivity index (χ0v) is 12.5. The summed E-state index contributed by atoms with van der Waals surface area (Å²) in [5, 5.41) is 6.53. The molecule has 0 fully saturated rings. The predicted octanol–water partition coefficient (Wildman–Crippen LogP) is 2.31. The van der Waals surface area contributed by atoms with Gasteiger partial charge in [0.25, 0.3) is 5.56 Å². The van der Waals surface area contributed by atoms with E-state index in [-0.39, 0.29) is 5.56 Å². The summed E-state index contributed by atoms with van der Waals surface area (Å²) in [6.45, 7) is 3.97. The Morgan fingerprint density at radius 1 is 1.38 bits per heavy atom. The van der Waals surface area contributed by atoms with Crippen molar-refractivity contribution < 1.29 is 0 Å². The molecule has 0 bridgehead atoms. The Kier molecular flexibility index (Phi) is 3.13. The number of H-pyrrole nitrogens is 1. The molecule has 7 heteroatoms. The minimum Gasteiger partial charge on any atom is -0.399 e. The molecule has 0 atom stereocenters. The van der Waals surface area contributed by atoms with Gasteiger partial charge in [-0.15, -0.1) is 11.3 Å². The molecule has 6 nitrogen and oxygen atoms in total. The number of rotatable bonds is 3. The lowest BCUT2D eigenvalue weighted by molar-refractivity contribution is 0.597. The second-order valence-electron chi connectivity index (χ2n) is 5.28. The van der Waals surface area contributed by atoms with Crippen molar-refractivity contribution >= 4 is 33.9 Å². The van der Waals surface area contributed by atoms with Crippen LogP contribution in [-0.2, 0) is 5.54 Å². The molecular formula is C14H15N5OS. The van der Waals surface area contributed by atoms with Gasteiger partial charge in [0.15, 0.2) is 0 Å². The first kappa shape index (κ1) is 13.6. The molecule has 0 radical (unpaired) electrons. The van der Waals surface area contributed by atoms with Crippen LogP contribution in [0.15, 0.2) is 34.6 Å². The molecule has 0 amide bonds. The summed E-state index contributed by atoms with van der Waals surface area (Å²) in [5.41, 5.74) is 6.19. The van der Waals surface area contributed by atoms with Gasteiger partial charge in [-0.05, 0) is 32.0 Å². The van der Waals surface area contributed by atoms with Crippen molar-refractivity contribution in [3.05, 3.63) is 45.1 Å². The summed E-state index contributed by atoms with van der Waals surface area (Å²) >= 11 is 1.55. The number of nitrogens with one attached hydrogen (secondary N) is 2. The number of hydrogen-bond donors (Lipinski definition) is 3. The molecule has 0 saturated heterocycles. The van der Waals surface area contributed by atoms with E-state index >= 15 is 0 Å². The first-order chi connectivity index (χ1) is 9.95. The zero-order chi connectivity index (χ0) is 15.0. The van der Waals surface area contributed by atoms with E-state index in [9.17, 15) is 4.79 Å². The van der Waals surface area contributed by atoms with E-state index < -0.39 is 5.54 Å². The molecule has 0 aliphatic carbocycles. The lowest BCUT2D eigenvalue weighted by Gasteiger charge is -2.24. The molecule has 0 aliphatic rings. The third-order valence-corrected chi connectivity index (χ3v) is 4.22. The lowest BCUT2D eigenvalue weighted by Crippen LogP contribution is -2.30. The standard InChI is InChI=1S/C14H15N5OS/c1-14(2,12-16-5-6-21-12)19-13-17-10-4-3-8(15)7-9(10)11(20)18-13/h3-7H,15H2,1-2H3,(H2,17,18,19,20). The van der Waals surface area contributed by atoms with Crippen LogP contribution in [0.1, 0.15) is 18.9 Å². The SMILES string of the molecule is CC(C)(Nc1nc2ccc(N)cc2c(=O)[nH]1)c1nccs1. The van der Waals surface area contributed by atoms with Crippen LogP contribution in [0.3, 0.4) is 0 Å². The van der Waals surface area contributed by atoms with E-state index in [1.807, 2.05) is 19.2 Å². The molecule has 3 rings (SSSR count). The van der Waals surface area contributed by atoms with Crippen LogP contribution in [0.2, 0.25) is 0 Å². The van der Waals surface area contributed by atoms with Crippen molar-refractivity contribution in [3.63, 3.8) is 0 Å². The van der Waals surface area contributed by atoms with Crippen LogP contribution >= 0.6 is 11.3 Å². The molecule has 0 spiro atoms. The summed E-state index contributed by atoms with van der Waals surface area (Å²) in [7, 11) is 0. The Hall–Kier alpha value is -2.41. The third-order valence-electron chi connectivity index (χ3n) is 3.13. The van der Waals surface area contributed by atoms with Gasteiger partial charge in [0, 0.05) is 17.3 Å². The zero-order valence-electron chi connectivity index (χ0n) is 11.7. The summed E-state index contributed by atoms with van der Waals surface area (Å²) in [4.78, 5) is 23.6. The van der Waals surface area contributed by atoms with E-state index in [1.54, 1.807) is 35.7 Å². The first-order valence-electron chi connectivity index (χ1n) is 6.43. The van der Waals surface area contributed by atoms with Crippen LogP contribution in [0.5, 0.6) is 0 Å². The number of aromatic nitrogens is 3. The number of nitrogens with two attached hydrogens (primary N) is 1. The Labute approximate surface area is 125 Å². The monoisotopic (exact) mass is 301 g/mol. The molecule has 4 N–H and O–H groups in total. The van der Waals surface area contributed by atoms with E-state index in [0.717, 1.165) is 5.01 Å². The first-order valence-corrected chi connectivity index (χ1v) is 7.31. The van der Waals surface area contributed by atoms with E-state index in [4.69, 9.17) is 5.73 Å². The van der Waals surface area contributed by atoms with Crippen LogP contribution in [0, 0.1) is 0 Å². The maximum Gasteiger partial charge on any atom is 0.260 e. The fourth-order valence-electron chi connectivity index (χ4n) is 2.10. The Morgan fingerprint density at radius 3 is 2.90 bits per heavy atom. The van der Waals surface area contributed by atoms with Gasteiger partial charge < -0.3 is 11.1 Å². The van der Waals surface area contributed by atoms with Gasteiger partial charge in [0.1, 0.15) is 5.01 Å². The quantitative estimate of drug-likeness (QED) is 0.645. The Morgan fingerprint density at radius 2 is 2.19 bits per heavy atom. The van der Waals surface area contributed by atoms with Crippen molar-refractivity contribution in [1.29, 1.82) is 0 Å². The topological polar surface area (TPSA) is 96.7 Å². The molecule has 3 aromatic rings. The molecular weight excluding hydrogens is 286 g/mol. The predicted molar refractivity (Wildman–Crippen MR) is 85.5 cm³/mol. The van der Waals surface area contributed by atoms with Crippen molar-refractivity contribution in [2.24, 2.45) is 0 Å². The normalized spacial score (nSPS) is 11.7. The number of anilines is 2. The second-order valence-corrected chi connectivity index (χ2v) is 6.17. The van der Waals surface area contributed by atoms with Gasteiger partial charge >= 0.3 is 0 Å². The largest absolute Gasteiger partial charge is 0.399 e. The number of benzene rings is 1. The fourth-order valence-corrected chi connectivity index (χ4v) is 2.82. The van der Waals surface area contributed by atoms with Crippen molar-refractivity contribution in [1.82, 2.24) is 15.0 Å². The highest BCUT2D eigenvalue weighted by Gasteiger charge is 2.24. The summed E-state index contributed by atoms with van der Waals surface area (Å²) in [6.07, 6.45) is 1.75. The van der Waals surface area contributed by atoms with Crippen LogP contribution in [0.4, 0.5) is 11.6 Å². The number of hydrogen-bond acceptors (Lipinski definition) is 6. The molecule has 2 aromatic heterocycles. The minimum absolute atomic E-state index is 0.218. The summed E-state index contributed by atoms with van der Waals surface area (Å²) < 4.78 is 0. The van der Waals surface area contributed by atoms with Crippen LogP contribution in [-0.4, -0.2) is 15.0 Å². The third kappa shape index (κ3) is 2.59. The van der Waals surface area contributed by atoms with Crippen molar-refractivity contribution in [2.75, 3.05) is 11.1 Å². The molecule has 108 valence electrons. The molecule has 1 aromatic carbocycles. The smallest absolute Gasteiger partial charge is 0.260 e. The van der Waals surface area contributed by atoms with Gasteiger partial charge in [-0.1, -0.05) is 0 Å². The highest BCUT2D eigenvalue weighted by atomic mass is 32.1. The summed E-state index contributed by atoms with van der Waals surface area (Å²) in [5.74, 6) is 0.414. The average Bonchev–Trinajstić information content (AvgIpc) is 2.94. The van der Waals surface area contributed by atoms with Crippen LogP contribution in [0.25, 0.3) is 10.9 Å². The van der Waals surface area contributed by atoms with Gasteiger partial charge in [-0.25, -0.2) is 9.97 Å². The highest BCUT2D eigenvalue weighted by Crippen LogP contribution is 2.25. The number of fused-ring (bicyclic) bond motifs is 1. The summed E-state index contributed by atoms with van der Waals surface area (Å²) in [6, 6.07) is 5.09. The number of nitrogen functional groups attached to an aromatic ring is 1. The average molecular weight is 301 g/mol. The number of nitrogens with zero attached hydrogens (tertiary/aromatic N) is 2. The maximum atomic E-state index is 12.1. The van der Waals surface area contributed by atoms with Crippen molar-refractivity contribution in [2.45, 2.75) is 19.4 Å². The maximum absolute atomic E-state index is 12.1. The second kappa shape index (κ2) is 4.85. The minimum atomic E-state index is -0.425. The van der Waals surface area contributed by atoms with E-state index in [0.29, 0.717) is 22.5 Å². The van der Waals surface area contributed by atoms with E-state index in [2.05, 4.69) is 20.3 Å². The Bertz CT molecular complexity index is 838. The molecule has 21 heavy (non-hydrogen) atoms. The molecule has 2 heterocycles. The number of thiazole rings is 1.